The molecular weight excluding hydrogens is 254 g/mol. The van der Waals surface area contributed by atoms with Crippen LogP contribution in [0.4, 0.5) is 0 Å². The van der Waals surface area contributed by atoms with Crippen LogP contribution in [0.15, 0.2) is 4.52 Å². The van der Waals surface area contributed by atoms with Gasteiger partial charge in [0.15, 0.2) is 5.82 Å². The molecule has 0 radical (unpaired) electrons. The number of likely N-dealkylation sites (N-methyl/N-ethyl adjacent to an activating group) is 2. The Morgan fingerprint density at radius 2 is 2.20 bits per heavy atom. The molecule has 0 spiro atoms. The smallest absolute Gasteiger partial charge is 0.244 e. The van der Waals surface area contributed by atoms with Gasteiger partial charge in [-0.25, -0.2) is 0 Å². The molecule has 3 rings (SSSR count). The summed E-state index contributed by atoms with van der Waals surface area (Å²) in [7, 11) is 4.35. The molecule has 20 heavy (non-hydrogen) atoms. The fourth-order valence-corrected chi connectivity index (χ4v) is 3.17. The van der Waals surface area contributed by atoms with Crippen molar-refractivity contribution in [1.29, 1.82) is 0 Å². The summed E-state index contributed by atoms with van der Waals surface area (Å²) in [5.41, 5.74) is 0. The number of piperazine rings is 1. The van der Waals surface area contributed by atoms with Gasteiger partial charge in [0.2, 0.25) is 5.89 Å². The fourth-order valence-electron chi connectivity index (χ4n) is 3.17. The molecule has 0 saturated carbocycles. The third kappa shape index (κ3) is 2.87. The predicted molar refractivity (Wildman–Crippen MR) is 76.4 cm³/mol. The van der Waals surface area contributed by atoms with Crippen LogP contribution in [0.2, 0.25) is 0 Å². The Bertz CT molecular complexity index is 449. The summed E-state index contributed by atoms with van der Waals surface area (Å²) < 4.78 is 5.47. The van der Waals surface area contributed by atoms with Crippen molar-refractivity contribution in [3.63, 3.8) is 0 Å². The maximum atomic E-state index is 5.47. The Labute approximate surface area is 120 Å². The van der Waals surface area contributed by atoms with E-state index in [0.29, 0.717) is 12.0 Å². The standard InChI is InChI=1S/C14H25N5O/c1-10-4-5-15-13(10)14-16-12(17-20-14)8-11-9-18(2)6-7-19(11)3/h10-11,13,15H,4-9H2,1-3H3. The molecule has 6 nitrogen and oxygen atoms in total. The van der Waals surface area contributed by atoms with Crippen LogP contribution < -0.4 is 5.32 Å². The van der Waals surface area contributed by atoms with Crippen LogP contribution in [0.3, 0.4) is 0 Å². The van der Waals surface area contributed by atoms with Crippen molar-refractivity contribution in [2.24, 2.45) is 5.92 Å². The number of hydrogen-bond donors (Lipinski definition) is 1. The molecule has 2 aliphatic rings. The topological polar surface area (TPSA) is 57.4 Å². The molecule has 3 heterocycles. The lowest BCUT2D eigenvalue weighted by Crippen LogP contribution is -2.50. The van der Waals surface area contributed by atoms with Gasteiger partial charge in [-0.3, -0.25) is 0 Å². The highest BCUT2D eigenvalue weighted by molar-refractivity contribution is 5.00. The summed E-state index contributed by atoms with van der Waals surface area (Å²) in [5, 5.41) is 7.62. The molecule has 0 aliphatic carbocycles. The van der Waals surface area contributed by atoms with Crippen LogP contribution in [0.1, 0.15) is 31.1 Å². The minimum absolute atomic E-state index is 0.239. The van der Waals surface area contributed by atoms with Gasteiger partial charge >= 0.3 is 0 Å². The van der Waals surface area contributed by atoms with Gasteiger partial charge in [0.05, 0.1) is 6.04 Å². The maximum absolute atomic E-state index is 5.47. The van der Waals surface area contributed by atoms with E-state index in [1.807, 2.05) is 0 Å². The van der Waals surface area contributed by atoms with Crippen LogP contribution in [0, 0.1) is 5.92 Å². The van der Waals surface area contributed by atoms with E-state index in [1.165, 1.54) is 6.42 Å². The number of nitrogens with zero attached hydrogens (tertiary/aromatic N) is 4. The maximum Gasteiger partial charge on any atom is 0.244 e. The molecule has 0 aromatic carbocycles. The van der Waals surface area contributed by atoms with Crippen molar-refractivity contribution in [3.8, 4) is 0 Å². The third-order valence-corrected chi connectivity index (χ3v) is 4.68. The summed E-state index contributed by atoms with van der Waals surface area (Å²) in [4.78, 5) is 9.37. The average molecular weight is 279 g/mol. The second-order valence-corrected chi connectivity index (χ2v) is 6.35. The number of rotatable bonds is 3. The minimum Gasteiger partial charge on any atom is -0.338 e. The van der Waals surface area contributed by atoms with Gasteiger partial charge in [-0.05, 0) is 33.0 Å². The summed E-state index contributed by atoms with van der Waals surface area (Å²) in [6.45, 7) is 6.58. The van der Waals surface area contributed by atoms with Gasteiger partial charge in [-0.15, -0.1) is 0 Å². The lowest BCUT2D eigenvalue weighted by Gasteiger charge is -2.37. The lowest BCUT2D eigenvalue weighted by atomic mass is 10.0. The first-order valence-electron chi connectivity index (χ1n) is 7.58. The van der Waals surface area contributed by atoms with Crippen molar-refractivity contribution in [3.05, 3.63) is 11.7 Å². The summed E-state index contributed by atoms with van der Waals surface area (Å²) in [6.07, 6.45) is 2.05. The minimum atomic E-state index is 0.239. The Morgan fingerprint density at radius 3 is 2.95 bits per heavy atom. The monoisotopic (exact) mass is 279 g/mol. The van der Waals surface area contributed by atoms with E-state index in [-0.39, 0.29) is 6.04 Å². The van der Waals surface area contributed by atoms with Crippen LogP contribution in [-0.2, 0) is 6.42 Å². The molecule has 112 valence electrons. The van der Waals surface area contributed by atoms with E-state index in [2.05, 4.69) is 46.3 Å². The Kier molecular flexibility index (Phi) is 4.05. The molecule has 3 atom stereocenters. The second-order valence-electron chi connectivity index (χ2n) is 6.35. The SMILES string of the molecule is CC1CCNC1c1nc(CC2CN(C)CCN2C)no1. The van der Waals surface area contributed by atoms with Crippen molar-refractivity contribution >= 4 is 0 Å². The molecule has 0 amide bonds. The normalized spacial score (nSPS) is 32.9. The first-order valence-corrected chi connectivity index (χ1v) is 7.58. The molecule has 1 aromatic rings. The molecule has 0 bridgehead atoms. The van der Waals surface area contributed by atoms with Crippen LogP contribution >= 0.6 is 0 Å². The average Bonchev–Trinajstić information content (AvgIpc) is 3.02. The molecular formula is C14H25N5O. The van der Waals surface area contributed by atoms with Crippen LogP contribution in [0.25, 0.3) is 0 Å². The molecule has 1 N–H and O–H groups in total. The first kappa shape index (κ1) is 14.0. The van der Waals surface area contributed by atoms with Gasteiger partial charge in [0, 0.05) is 32.1 Å². The molecule has 2 aliphatic heterocycles. The zero-order chi connectivity index (χ0) is 14.1. The molecule has 2 saturated heterocycles. The van der Waals surface area contributed by atoms with Gasteiger partial charge in [-0.1, -0.05) is 12.1 Å². The van der Waals surface area contributed by atoms with E-state index < -0.39 is 0 Å². The summed E-state index contributed by atoms with van der Waals surface area (Å²) >= 11 is 0. The van der Waals surface area contributed by atoms with Crippen LogP contribution in [-0.4, -0.2) is 66.3 Å². The van der Waals surface area contributed by atoms with E-state index >= 15 is 0 Å². The number of nitrogens with one attached hydrogen (secondary N) is 1. The highest BCUT2D eigenvalue weighted by Crippen LogP contribution is 2.27. The van der Waals surface area contributed by atoms with E-state index in [4.69, 9.17) is 4.52 Å². The Morgan fingerprint density at radius 1 is 1.35 bits per heavy atom. The number of hydrogen-bond acceptors (Lipinski definition) is 6. The second kappa shape index (κ2) is 5.79. The molecule has 2 fully saturated rings. The molecule has 6 heteroatoms. The predicted octanol–water partition coefficient (Wildman–Crippen LogP) is 0.528. The van der Waals surface area contributed by atoms with Gasteiger partial charge in [-0.2, -0.15) is 4.98 Å². The Balaban J connectivity index is 1.64. The first-order chi connectivity index (χ1) is 9.63. The largest absolute Gasteiger partial charge is 0.338 e. The lowest BCUT2D eigenvalue weighted by molar-refractivity contribution is 0.113. The highest BCUT2D eigenvalue weighted by atomic mass is 16.5. The molecule has 3 unspecified atom stereocenters. The zero-order valence-corrected chi connectivity index (χ0v) is 12.7. The van der Waals surface area contributed by atoms with E-state index in [1.54, 1.807) is 0 Å². The van der Waals surface area contributed by atoms with Crippen molar-refractivity contribution in [1.82, 2.24) is 25.3 Å². The molecule has 1 aromatic heterocycles. The van der Waals surface area contributed by atoms with Crippen molar-refractivity contribution in [2.75, 3.05) is 40.3 Å². The zero-order valence-electron chi connectivity index (χ0n) is 12.7. The van der Waals surface area contributed by atoms with E-state index in [0.717, 1.165) is 44.3 Å². The van der Waals surface area contributed by atoms with Crippen molar-refractivity contribution < 1.29 is 4.52 Å². The highest BCUT2D eigenvalue weighted by Gasteiger charge is 2.30. The van der Waals surface area contributed by atoms with Crippen LogP contribution in [0.5, 0.6) is 0 Å². The van der Waals surface area contributed by atoms with E-state index in [9.17, 15) is 0 Å². The summed E-state index contributed by atoms with van der Waals surface area (Å²) in [5.74, 6) is 2.18. The van der Waals surface area contributed by atoms with Crippen molar-refractivity contribution in [2.45, 2.75) is 31.8 Å². The fraction of sp³-hybridized carbons (Fsp3) is 0.857. The van der Waals surface area contributed by atoms with Gasteiger partial charge in [0.1, 0.15) is 0 Å². The quantitative estimate of drug-likeness (QED) is 0.871. The van der Waals surface area contributed by atoms with Gasteiger partial charge < -0.3 is 19.6 Å². The summed E-state index contributed by atoms with van der Waals surface area (Å²) in [6, 6.07) is 0.719. The Hall–Kier alpha value is -0.980. The number of aromatic nitrogens is 2. The third-order valence-electron chi connectivity index (χ3n) is 4.68. The van der Waals surface area contributed by atoms with Gasteiger partial charge in [0.25, 0.3) is 0 Å².